The molecule has 0 aromatic carbocycles. The Morgan fingerprint density at radius 1 is 1.40 bits per heavy atom. The van der Waals surface area contributed by atoms with Crippen molar-refractivity contribution in [3.8, 4) is 0 Å². The molecule has 0 radical (unpaired) electrons. The maximum absolute atomic E-state index is 11.1. The average molecular weight is 299 g/mol. The first-order chi connectivity index (χ1) is 9.54. The van der Waals surface area contributed by atoms with Crippen LogP contribution in [0.4, 0.5) is 11.5 Å². The van der Waals surface area contributed by atoms with Crippen molar-refractivity contribution in [1.29, 1.82) is 0 Å². The fourth-order valence-corrected chi connectivity index (χ4v) is 3.07. The third-order valence-corrected chi connectivity index (χ3v) is 4.49. The first-order valence-electron chi connectivity index (χ1n) is 6.92. The quantitative estimate of drug-likeness (QED) is 0.483. The second-order valence-electron chi connectivity index (χ2n) is 5.29. The molecule has 1 aromatic rings. The van der Waals surface area contributed by atoms with Gasteiger partial charge in [0, 0.05) is 13.1 Å². The highest BCUT2D eigenvalue weighted by Crippen LogP contribution is 2.35. The van der Waals surface area contributed by atoms with E-state index in [1.165, 1.54) is 12.7 Å². The van der Waals surface area contributed by atoms with Crippen LogP contribution in [-0.4, -0.2) is 28.0 Å². The number of anilines is 1. The van der Waals surface area contributed by atoms with Gasteiger partial charge in [0.1, 0.15) is 6.33 Å². The first kappa shape index (κ1) is 15.0. The van der Waals surface area contributed by atoms with E-state index in [0.717, 1.165) is 31.6 Å². The lowest BCUT2D eigenvalue weighted by Gasteiger charge is -2.34. The zero-order valence-corrected chi connectivity index (χ0v) is 12.5. The molecular weight excluding hydrogens is 280 g/mol. The van der Waals surface area contributed by atoms with Crippen LogP contribution in [0.5, 0.6) is 0 Å². The number of rotatable bonds is 4. The Morgan fingerprint density at radius 3 is 2.60 bits per heavy atom. The molecule has 0 aliphatic heterocycles. The molecule has 1 saturated carbocycles. The van der Waals surface area contributed by atoms with Crippen LogP contribution in [0.2, 0.25) is 5.15 Å². The Balaban J connectivity index is 2.20. The smallest absolute Gasteiger partial charge is 0.348 e. The Morgan fingerprint density at radius 2 is 2.05 bits per heavy atom. The summed E-state index contributed by atoms with van der Waals surface area (Å²) in [7, 11) is 1.85. The van der Waals surface area contributed by atoms with Crippen molar-refractivity contribution in [3.63, 3.8) is 0 Å². The highest BCUT2D eigenvalue weighted by Gasteiger charge is 2.30. The minimum Gasteiger partial charge on any atom is -0.351 e. The van der Waals surface area contributed by atoms with E-state index in [-0.39, 0.29) is 16.9 Å². The van der Waals surface area contributed by atoms with Crippen molar-refractivity contribution >= 4 is 23.1 Å². The van der Waals surface area contributed by atoms with Gasteiger partial charge in [-0.05, 0) is 31.6 Å². The minimum atomic E-state index is -0.508. The molecule has 0 unspecified atom stereocenters. The number of nitro groups is 1. The lowest BCUT2D eigenvalue weighted by molar-refractivity contribution is -0.384. The molecule has 0 amide bonds. The molecule has 110 valence electrons. The molecule has 6 nitrogen and oxygen atoms in total. The van der Waals surface area contributed by atoms with Gasteiger partial charge in [0.05, 0.1) is 4.92 Å². The molecule has 1 aliphatic carbocycles. The highest BCUT2D eigenvalue weighted by atomic mass is 35.5. The van der Waals surface area contributed by atoms with Gasteiger partial charge in [0.2, 0.25) is 11.0 Å². The topological polar surface area (TPSA) is 72.2 Å². The van der Waals surface area contributed by atoms with Crippen molar-refractivity contribution in [2.24, 2.45) is 5.92 Å². The molecule has 1 fully saturated rings. The highest BCUT2D eigenvalue weighted by molar-refractivity contribution is 6.31. The van der Waals surface area contributed by atoms with Crippen LogP contribution >= 0.6 is 11.6 Å². The van der Waals surface area contributed by atoms with E-state index in [9.17, 15) is 10.1 Å². The molecule has 7 heteroatoms. The van der Waals surface area contributed by atoms with Crippen LogP contribution in [0.3, 0.4) is 0 Å². The van der Waals surface area contributed by atoms with E-state index < -0.39 is 4.92 Å². The lowest BCUT2D eigenvalue weighted by Crippen LogP contribution is -2.36. The van der Waals surface area contributed by atoms with E-state index in [0.29, 0.717) is 5.82 Å². The van der Waals surface area contributed by atoms with Crippen molar-refractivity contribution < 1.29 is 4.92 Å². The summed E-state index contributed by atoms with van der Waals surface area (Å²) in [5, 5.41) is 11.0. The maximum Gasteiger partial charge on any atom is 0.348 e. The lowest BCUT2D eigenvalue weighted by atomic mass is 9.84. The molecule has 1 aromatic heterocycles. The van der Waals surface area contributed by atoms with Crippen LogP contribution < -0.4 is 4.90 Å². The SMILES string of the molecule is CCC1CCC(N(C)c2ncnc(Cl)c2[N+](=O)[O-])CC1. The number of nitrogens with zero attached hydrogens (tertiary/aromatic N) is 4. The van der Waals surface area contributed by atoms with Gasteiger partial charge in [-0.1, -0.05) is 24.9 Å². The summed E-state index contributed by atoms with van der Waals surface area (Å²) in [4.78, 5) is 20.3. The molecule has 0 atom stereocenters. The third kappa shape index (κ3) is 3.00. The molecule has 0 bridgehead atoms. The predicted octanol–water partition coefficient (Wildman–Crippen LogP) is 3.44. The van der Waals surface area contributed by atoms with E-state index in [4.69, 9.17) is 11.6 Å². The molecular formula is C13H19ClN4O2. The summed E-state index contributed by atoms with van der Waals surface area (Å²) < 4.78 is 0. The zero-order chi connectivity index (χ0) is 14.7. The number of aromatic nitrogens is 2. The number of hydrogen-bond acceptors (Lipinski definition) is 5. The van der Waals surface area contributed by atoms with E-state index >= 15 is 0 Å². The fourth-order valence-electron chi connectivity index (χ4n) is 2.88. The minimum absolute atomic E-state index is 0.103. The Hall–Kier alpha value is -1.43. The number of hydrogen-bond donors (Lipinski definition) is 0. The number of halogens is 1. The van der Waals surface area contributed by atoms with Gasteiger partial charge in [-0.15, -0.1) is 0 Å². The van der Waals surface area contributed by atoms with Gasteiger partial charge < -0.3 is 4.90 Å². The third-order valence-electron chi connectivity index (χ3n) is 4.22. The standard InChI is InChI=1S/C13H19ClN4O2/c1-3-9-4-6-10(7-5-9)17(2)13-11(18(19)20)12(14)15-8-16-13/h8-10H,3-7H2,1-2H3. The van der Waals surface area contributed by atoms with Crippen molar-refractivity contribution in [3.05, 3.63) is 21.6 Å². The van der Waals surface area contributed by atoms with E-state index in [1.54, 1.807) is 0 Å². The normalized spacial score (nSPS) is 22.6. The zero-order valence-electron chi connectivity index (χ0n) is 11.8. The summed E-state index contributed by atoms with van der Waals surface area (Å²) in [5.41, 5.74) is -0.200. The Bertz CT molecular complexity index is 489. The van der Waals surface area contributed by atoms with Gasteiger partial charge in [-0.2, -0.15) is 0 Å². The summed E-state index contributed by atoms with van der Waals surface area (Å²) in [6.07, 6.45) is 6.88. The fraction of sp³-hybridized carbons (Fsp3) is 0.692. The first-order valence-corrected chi connectivity index (χ1v) is 7.30. The molecule has 0 N–H and O–H groups in total. The van der Waals surface area contributed by atoms with Gasteiger partial charge in [-0.3, -0.25) is 10.1 Å². The van der Waals surface area contributed by atoms with Crippen LogP contribution in [-0.2, 0) is 0 Å². The van der Waals surface area contributed by atoms with Crippen LogP contribution in [0.15, 0.2) is 6.33 Å². The van der Waals surface area contributed by atoms with Crippen molar-refractivity contribution in [2.75, 3.05) is 11.9 Å². The second-order valence-corrected chi connectivity index (χ2v) is 5.65. The molecule has 0 spiro atoms. The molecule has 0 saturated heterocycles. The van der Waals surface area contributed by atoms with Crippen molar-refractivity contribution in [2.45, 2.75) is 45.1 Å². The summed E-state index contributed by atoms with van der Waals surface area (Å²) >= 11 is 5.83. The van der Waals surface area contributed by atoms with Gasteiger partial charge in [-0.25, -0.2) is 9.97 Å². The van der Waals surface area contributed by atoms with Crippen LogP contribution in [0.1, 0.15) is 39.0 Å². The Labute approximate surface area is 123 Å². The molecule has 1 aliphatic rings. The van der Waals surface area contributed by atoms with Gasteiger partial charge in [0.25, 0.3) is 0 Å². The average Bonchev–Trinajstić information content (AvgIpc) is 2.46. The summed E-state index contributed by atoms with van der Waals surface area (Å²) in [6, 6.07) is 0.280. The van der Waals surface area contributed by atoms with Crippen LogP contribution in [0, 0.1) is 16.0 Å². The largest absolute Gasteiger partial charge is 0.351 e. The monoisotopic (exact) mass is 298 g/mol. The molecule has 1 heterocycles. The summed E-state index contributed by atoms with van der Waals surface area (Å²) in [6.45, 7) is 2.21. The maximum atomic E-state index is 11.1. The Kier molecular flexibility index (Phi) is 4.75. The summed E-state index contributed by atoms with van der Waals surface area (Å²) in [5.74, 6) is 1.10. The molecule has 2 rings (SSSR count). The van der Waals surface area contributed by atoms with Gasteiger partial charge in [0.15, 0.2) is 0 Å². The van der Waals surface area contributed by atoms with Gasteiger partial charge >= 0.3 is 5.69 Å². The van der Waals surface area contributed by atoms with Crippen LogP contribution in [0.25, 0.3) is 0 Å². The molecule has 20 heavy (non-hydrogen) atoms. The van der Waals surface area contributed by atoms with E-state index in [1.807, 2.05) is 11.9 Å². The van der Waals surface area contributed by atoms with E-state index in [2.05, 4.69) is 16.9 Å². The predicted molar refractivity (Wildman–Crippen MR) is 78.1 cm³/mol. The second kappa shape index (κ2) is 6.35. The van der Waals surface area contributed by atoms with Crippen molar-refractivity contribution in [1.82, 2.24) is 9.97 Å².